The zero-order chi connectivity index (χ0) is 23.9. The number of carbonyl (C=O) groups is 2. The number of likely N-dealkylation sites (N-methyl/N-ethyl adjacent to an activating group) is 1. The lowest BCUT2D eigenvalue weighted by Gasteiger charge is -2.15. The van der Waals surface area contributed by atoms with Gasteiger partial charge in [0.2, 0.25) is 0 Å². The monoisotopic (exact) mass is 463 g/mol. The van der Waals surface area contributed by atoms with E-state index in [2.05, 4.69) is 20.9 Å². The standard InChI is InChI=1S/C25H26FN5O3/c1-2-27-15-21-16-31(25(33)34-21)20-10-11-22(23(26)13-20)17-6-8-18(9-7-17)30-24(32)29-14-19-5-3-4-12-28-19/h3-13,21,27H,2,14-16H2,1H3,(H2,29,30,32)/t21-/m0/s1. The van der Waals surface area contributed by atoms with Crippen LogP contribution < -0.4 is 20.9 Å². The Hall–Kier alpha value is -3.98. The van der Waals surface area contributed by atoms with Gasteiger partial charge in [-0.15, -0.1) is 0 Å². The first-order chi connectivity index (χ1) is 16.5. The van der Waals surface area contributed by atoms with Gasteiger partial charge in [-0.2, -0.15) is 0 Å². The second-order valence-electron chi connectivity index (χ2n) is 7.79. The lowest BCUT2D eigenvalue weighted by atomic mass is 10.0. The number of aromatic nitrogens is 1. The predicted molar refractivity (Wildman–Crippen MR) is 128 cm³/mol. The maximum atomic E-state index is 14.9. The van der Waals surface area contributed by atoms with E-state index in [4.69, 9.17) is 4.74 Å². The number of hydrogen-bond acceptors (Lipinski definition) is 5. The minimum Gasteiger partial charge on any atom is -0.443 e. The highest BCUT2D eigenvalue weighted by Crippen LogP contribution is 2.29. The second-order valence-corrected chi connectivity index (χ2v) is 7.79. The van der Waals surface area contributed by atoms with Crippen LogP contribution in [0.25, 0.3) is 11.1 Å². The summed E-state index contributed by atoms with van der Waals surface area (Å²) in [5, 5.41) is 8.62. The molecule has 2 heterocycles. The Morgan fingerprint density at radius 1 is 1.18 bits per heavy atom. The van der Waals surface area contributed by atoms with E-state index in [9.17, 15) is 14.0 Å². The summed E-state index contributed by atoms with van der Waals surface area (Å²) in [5.41, 5.74) is 2.82. The lowest BCUT2D eigenvalue weighted by Crippen LogP contribution is -2.30. The molecule has 4 rings (SSSR count). The number of amides is 3. The highest BCUT2D eigenvalue weighted by molar-refractivity contribution is 5.91. The average molecular weight is 464 g/mol. The summed E-state index contributed by atoms with van der Waals surface area (Å²) in [6.07, 6.45) is 0.918. The summed E-state index contributed by atoms with van der Waals surface area (Å²) in [6, 6.07) is 16.6. The number of rotatable bonds is 8. The molecule has 8 nitrogen and oxygen atoms in total. The number of cyclic esters (lactones) is 1. The number of hydrogen-bond donors (Lipinski definition) is 3. The minimum atomic E-state index is -0.480. The third-order valence-corrected chi connectivity index (χ3v) is 5.37. The number of anilines is 2. The van der Waals surface area contributed by atoms with Crippen LogP contribution in [0.1, 0.15) is 12.6 Å². The van der Waals surface area contributed by atoms with Crippen LogP contribution in [0.15, 0.2) is 66.9 Å². The van der Waals surface area contributed by atoms with E-state index in [1.54, 1.807) is 42.6 Å². The number of nitrogens with zero attached hydrogens (tertiary/aromatic N) is 2. The van der Waals surface area contributed by atoms with E-state index in [-0.39, 0.29) is 12.1 Å². The van der Waals surface area contributed by atoms with E-state index in [1.807, 2.05) is 25.1 Å². The molecule has 0 unspecified atom stereocenters. The molecule has 3 amide bonds. The van der Waals surface area contributed by atoms with Crippen LogP contribution in [0.5, 0.6) is 0 Å². The molecule has 1 saturated heterocycles. The summed E-state index contributed by atoms with van der Waals surface area (Å²) in [6.45, 7) is 3.99. The Labute approximate surface area is 197 Å². The molecule has 2 aromatic carbocycles. The molecule has 0 aliphatic carbocycles. The Balaban J connectivity index is 1.37. The fourth-order valence-electron chi connectivity index (χ4n) is 3.63. The molecule has 0 saturated carbocycles. The van der Waals surface area contributed by atoms with Gasteiger partial charge in [0, 0.05) is 24.0 Å². The van der Waals surface area contributed by atoms with Crippen molar-refractivity contribution in [2.45, 2.75) is 19.6 Å². The average Bonchev–Trinajstić information content (AvgIpc) is 3.23. The van der Waals surface area contributed by atoms with Gasteiger partial charge >= 0.3 is 12.1 Å². The third-order valence-electron chi connectivity index (χ3n) is 5.37. The summed E-state index contributed by atoms with van der Waals surface area (Å²) in [4.78, 5) is 29.9. The van der Waals surface area contributed by atoms with Gasteiger partial charge in [-0.1, -0.05) is 25.1 Å². The maximum absolute atomic E-state index is 14.9. The molecule has 0 radical (unpaired) electrons. The second kappa shape index (κ2) is 10.8. The first-order valence-corrected chi connectivity index (χ1v) is 11.1. The van der Waals surface area contributed by atoms with Crippen molar-refractivity contribution in [3.8, 4) is 11.1 Å². The van der Waals surface area contributed by atoms with Gasteiger partial charge in [0.15, 0.2) is 0 Å². The number of ether oxygens (including phenoxy) is 1. The quantitative estimate of drug-likeness (QED) is 0.467. The number of carbonyl (C=O) groups excluding carboxylic acids is 2. The number of nitrogens with one attached hydrogen (secondary N) is 3. The Morgan fingerprint density at radius 3 is 2.71 bits per heavy atom. The number of urea groups is 1. The smallest absolute Gasteiger partial charge is 0.414 e. The normalized spacial score (nSPS) is 15.2. The topological polar surface area (TPSA) is 95.6 Å². The van der Waals surface area contributed by atoms with Gasteiger partial charge in [-0.3, -0.25) is 9.88 Å². The van der Waals surface area contributed by atoms with Crippen molar-refractivity contribution < 1.29 is 18.7 Å². The SMILES string of the molecule is CCNC[C@H]1CN(c2ccc(-c3ccc(NC(=O)NCc4ccccn4)cc3)c(F)c2)C(=O)O1. The van der Waals surface area contributed by atoms with Crippen molar-refractivity contribution in [3.63, 3.8) is 0 Å². The van der Waals surface area contributed by atoms with Crippen LogP contribution in [-0.4, -0.2) is 42.8 Å². The summed E-state index contributed by atoms with van der Waals surface area (Å²) < 4.78 is 20.2. The van der Waals surface area contributed by atoms with E-state index in [0.29, 0.717) is 42.1 Å². The molecule has 3 aromatic rings. The first-order valence-electron chi connectivity index (χ1n) is 11.1. The highest BCUT2D eigenvalue weighted by Gasteiger charge is 2.32. The molecule has 1 aromatic heterocycles. The van der Waals surface area contributed by atoms with E-state index < -0.39 is 11.9 Å². The fourth-order valence-corrected chi connectivity index (χ4v) is 3.63. The molecule has 1 aliphatic heterocycles. The van der Waals surface area contributed by atoms with Crippen molar-refractivity contribution in [2.24, 2.45) is 0 Å². The van der Waals surface area contributed by atoms with Crippen LogP contribution >= 0.6 is 0 Å². The highest BCUT2D eigenvalue weighted by atomic mass is 19.1. The fraction of sp³-hybridized carbons (Fsp3) is 0.240. The Bertz CT molecular complexity index is 1140. The van der Waals surface area contributed by atoms with Crippen LogP contribution in [-0.2, 0) is 11.3 Å². The summed E-state index contributed by atoms with van der Waals surface area (Å²) in [7, 11) is 0. The number of halogens is 1. The van der Waals surface area contributed by atoms with Gasteiger partial charge in [0.1, 0.15) is 11.9 Å². The molecule has 1 atom stereocenters. The third kappa shape index (κ3) is 5.68. The minimum absolute atomic E-state index is 0.267. The van der Waals surface area contributed by atoms with Gasteiger partial charge in [0.25, 0.3) is 0 Å². The summed E-state index contributed by atoms with van der Waals surface area (Å²) >= 11 is 0. The molecular weight excluding hydrogens is 437 g/mol. The van der Waals surface area contributed by atoms with E-state index >= 15 is 0 Å². The Kier molecular flexibility index (Phi) is 7.34. The molecule has 9 heteroatoms. The molecule has 34 heavy (non-hydrogen) atoms. The largest absolute Gasteiger partial charge is 0.443 e. The van der Waals surface area contributed by atoms with Crippen molar-refractivity contribution in [1.82, 2.24) is 15.6 Å². The molecule has 1 fully saturated rings. The van der Waals surface area contributed by atoms with Gasteiger partial charge in [0.05, 0.1) is 24.5 Å². The van der Waals surface area contributed by atoms with Gasteiger partial charge in [-0.25, -0.2) is 14.0 Å². The molecule has 3 N–H and O–H groups in total. The van der Waals surface area contributed by atoms with Crippen molar-refractivity contribution >= 4 is 23.5 Å². The zero-order valence-electron chi connectivity index (χ0n) is 18.8. The van der Waals surface area contributed by atoms with Crippen molar-refractivity contribution in [1.29, 1.82) is 0 Å². The van der Waals surface area contributed by atoms with Crippen LogP contribution in [0, 0.1) is 5.82 Å². The van der Waals surface area contributed by atoms with Crippen LogP contribution in [0.2, 0.25) is 0 Å². The molecule has 0 bridgehead atoms. The molecule has 176 valence electrons. The zero-order valence-corrected chi connectivity index (χ0v) is 18.8. The van der Waals surface area contributed by atoms with Crippen molar-refractivity contribution in [2.75, 3.05) is 29.9 Å². The Morgan fingerprint density at radius 2 is 2.00 bits per heavy atom. The van der Waals surface area contributed by atoms with Gasteiger partial charge < -0.3 is 20.7 Å². The number of benzene rings is 2. The molecule has 0 spiro atoms. The van der Waals surface area contributed by atoms with Crippen molar-refractivity contribution in [3.05, 3.63) is 78.4 Å². The molecule has 1 aliphatic rings. The van der Waals surface area contributed by atoms with Crippen LogP contribution in [0.3, 0.4) is 0 Å². The number of pyridine rings is 1. The maximum Gasteiger partial charge on any atom is 0.414 e. The predicted octanol–water partition coefficient (Wildman–Crippen LogP) is 4.14. The lowest BCUT2D eigenvalue weighted by molar-refractivity contribution is 0.140. The van der Waals surface area contributed by atoms with Gasteiger partial charge in [-0.05, 0) is 54.6 Å². The summed E-state index contributed by atoms with van der Waals surface area (Å²) in [5.74, 6) is -0.450. The first kappa shape index (κ1) is 23.2. The van der Waals surface area contributed by atoms with E-state index in [0.717, 1.165) is 12.2 Å². The molecular formula is C25H26FN5O3. The van der Waals surface area contributed by atoms with Crippen LogP contribution in [0.4, 0.5) is 25.4 Å². The van der Waals surface area contributed by atoms with E-state index in [1.165, 1.54) is 11.0 Å².